The van der Waals surface area contributed by atoms with E-state index < -0.39 is 20.6 Å². The quantitative estimate of drug-likeness (QED) is 0.657. The van der Waals surface area contributed by atoms with Crippen molar-refractivity contribution in [1.29, 1.82) is 0 Å². The van der Waals surface area contributed by atoms with Gasteiger partial charge in [0.2, 0.25) is 10.0 Å². The Morgan fingerprint density at radius 2 is 2.14 bits per heavy atom. The molecule has 7 nitrogen and oxygen atoms in total. The lowest BCUT2D eigenvalue weighted by atomic mass is 10.3. The fourth-order valence-corrected chi connectivity index (χ4v) is 4.09. The summed E-state index contributed by atoms with van der Waals surface area (Å²) < 4.78 is 26.4. The van der Waals surface area contributed by atoms with Crippen LogP contribution in [-0.4, -0.2) is 43.3 Å². The second kappa shape index (κ2) is 6.89. The summed E-state index contributed by atoms with van der Waals surface area (Å²) in [6, 6.07) is 3.32. The maximum absolute atomic E-state index is 12.6. The van der Waals surface area contributed by atoms with Crippen molar-refractivity contribution in [3.8, 4) is 0 Å². The van der Waals surface area contributed by atoms with Crippen LogP contribution in [0.1, 0.15) is 6.92 Å². The van der Waals surface area contributed by atoms with E-state index in [1.54, 1.807) is 6.92 Å². The van der Waals surface area contributed by atoms with Gasteiger partial charge in [0.15, 0.2) is 4.90 Å². The molecule has 1 aromatic rings. The summed E-state index contributed by atoms with van der Waals surface area (Å²) in [5, 5.41) is 14.2. The van der Waals surface area contributed by atoms with E-state index in [9.17, 15) is 18.5 Å². The molecule has 0 unspecified atom stereocenters. The Morgan fingerprint density at radius 3 is 2.71 bits per heavy atom. The number of hydrogen-bond acceptors (Lipinski definition) is 5. The van der Waals surface area contributed by atoms with Crippen molar-refractivity contribution in [3.63, 3.8) is 0 Å². The van der Waals surface area contributed by atoms with Gasteiger partial charge in [0, 0.05) is 36.8 Å². The third-order valence-corrected chi connectivity index (χ3v) is 5.44. The highest BCUT2D eigenvalue weighted by atomic mass is 35.5. The number of rotatable bonds is 3. The molecule has 118 valence electrons. The largest absolute Gasteiger partial charge is 0.314 e. The van der Waals surface area contributed by atoms with Crippen molar-refractivity contribution in [3.05, 3.63) is 33.3 Å². The van der Waals surface area contributed by atoms with E-state index in [4.69, 9.17) is 11.6 Å². The molecule has 1 N–H and O–H groups in total. The molecule has 1 saturated heterocycles. The van der Waals surface area contributed by atoms with Gasteiger partial charge in [-0.2, -0.15) is 4.31 Å². The molecule has 10 heteroatoms. The van der Waals surface area contributed by atoms with Crippen LogP contribution in [0.15, 0.2) is 23.1 Å². The molecule has 1 fully saturated rings. The van der Waals surface area contributed by atoms with Crippen molar-refractivity contribution in [2.75, 3.05) is 19.6 Å². The van der Waals surface area contributed by atoms with E-state index in [-0.39, 0.29) is 34.9 Å². The number of nitrogens with one attached hydrogen (secondary N) is 1. The van der Waals surface area contributed by atoms with Gasteiger partial charge in [-0.15, -0.1) is 12.4 Å². The van der Waals surface area contributed by atoms with E-state index in [1.807, 2.05) is 0 Å². The van der Waals surface area contributed by atoms with Crippen LogP contribution in [0.4, 0.5) is 5.69 Å². The monoisotopic (exact) mass is 355 g/mol. The lowest BCUT2D eigenvalue weighted by Crippen LogP contribution is -2.52. The Kier molecular flexibility index (Phi) is 5.94. The summed E-state index contributed by atoms with van der Waals surface area (Å²) in [5.41, 5.74) is -0.497. The Bertz CT molecular complexity index is 638. The fourth-order valence-electron chi connectivity index (χ4n) is 2.16. The number of halogens is 2. The second-order valence-corrected chi connectivity index (χ2v) is 6.83. The lowest BCUT2D eigenvalue weighted by Gasteiger charge is -2.32. The molecule has 1 aliphatic heterocycles. The van der Waals surface area contributed by atoms with Crippen LogP contribution in [0.3, 0.4) is 0 Å². The summed E-state index contributed by atoms with van der Waals surface area (Å²) >= 11 is 5.70. The van der Waals surface area contributed by atoms with Gasteiger partial charge in [-0.3, -0.25) is 10.1 Å². The van der Waals surface area contributed by atoms with Crippen LogP contribution in [0, 0.1) is 10.1 Å². The Hall–Kier alpha value is -0.930. The van der Waals surface area contributed by atoms with Crippen molar-refractivity contribution < 1.29 is 13.3 Å². The molecular formula is C11H15Cl2N3O4S. The summed E-state index contributed by atoms with van der Waals surface area (Å²) in [4.78, 5) is 9.99. The molecule has 1 atom stereocenters. The summed E-state index contributed by atoms with van der Waals surface area (Å²) in [6.07, 6.45) is 0. The molecule has 0 bridgehead atoms. The minimum Gasteiger partial charge on any atom is -0.314 e. The van der Waals surface area contributed by atoms with E-state index in [0.717, 1.165) is 6.07 Å². The van der Waals surface area contributed by atoms with Crippen LogP contribution >= 0.6 is 24.0 Å². The molecule has 0 aromatic heterocycles. The first-order valence-electron chi connectivity index (χ1n) is 6.00. The zero-order chi connectivity index (χ0) is 14.9. The maximum Gasteiger partial charge on any atom is 0.290 e. The number of nitrogens with zero attached hydrogens (tertiary/aromatic N) is 2. The SMILES string of the molecule is C[C@H]1CNCCN1S(=O)(=O)c1ccc(Cl)cc1[N+](=O)[O-].Cl. The van der Waals surface area contributed by atoms with Gasteiger partial charge in [-0.1, -0.05) is 11.6 Å². The van der Waals surface area contributed by atoms with Crippen molar-refractivity contribution >= 4 is 39.7 Å². The highest BCUT2D eigenvalue weighted by molar-refractivity contribution is 7.89. The number of nitro groups is 1. The standard InChI is InChI=1S/C11H14ClN3O4S.ClH/c1-8-7-13-4-5-14(8)20(18,19)11-3-2-9(12)6-10(11)15(16)17;/h2-3,6,8,13H,4-5,7H2,1H3;1H/t8-;/m0./s1. The van der Waals surface area contributed by atoms with Gasteiger partial charge in [0.25, 0.3) is 5.69 Å². The number of benzene rings is 1. The smallest absolute Gasteiger partial charge is 0.290 e. The highest BCUT2D eigenvalue weighted by Crippen LogP contribution is 2.30. The predicted octanol–water partition coefficient (Wildman–Crippen LogP) is 1.65. The van der Waals surface area contributed by atoms with E-state index >= 15 is 0 Å². The third kappa shape index (κ3) is 3.64. The maximum atomic E-state index is 12.6. The average Bonchev–Trinajstić information content (AvgIpc) is 2.38. The average molecular weight is 356 g/mol. The first-order chi connectivity index (χ1) is 9.34. The number of nitro benzene ring substituents is 1. The van der Waals surface area contributed by atoms with E-state index in [0.29, 0.717) is 13.1 Å². The minimum absolute atomic E-state index is 0. The highest BCUT2D eigenvalue weighted by Gasteiger charge is 2.35. The van der Waals surface area contributed by atoms with Crippen molar-refractivity contribution in [2.45, 2.75) is 17.9 Å². The Labute approximate surface area is 133 Å². The van der Waals surface area contributed by atoms with Crippen molar-refractivity contribution in [2.24, 2.45) is 0 Å². The molecule has 2 rings (SSSR count). The first kappa shape index (κ1) is 18.1. The van der Waals surface area contributed by atoms with Gasteiger partial charge in [0.05, 0.1) is 4.92 Å². The van der Waals surface area contributed by atoms with Crippen LogP contribution < -0.4 is 5.32 Å². The zero-order valence-electron chi connectivity index (χ0n) is 11.2. The number of hydrogen-bond donors (Lipinski definition) is 1. The van der Waals surface area contributed by atoms with Crippen molar-refractivity contribution in [1.82, 2.24) is 9.62 Å². The zero-order valence-corrected chi connectivity index (χ0v) is 13.5. The second-order valence-electron chi connectivity index (χ2n) is 4.54. The molecule has 0 aliphatic carbocycles. The first-order valence-corrected chi connectivity index (χ1v) is 7.82. The van der Waals surface area contributed by atoms with Gasteiger partial charge < -0.3 is 5.32 Å². The number of sulfonamides is 1. The molecule has 0 amide bonds. The third-order valence-electron chi connectivity index (χ3n) is 3.14. The number of piperazine rings is 1. The molecule has 1 aliphatic rings. The fraction of sp³-hybridized carbons (Fsp3) is 0.455. The molecular weight excluding hydrogens is 341 g/mol. The van der Waals surface area contributed by atoms with E-state index in [1.165, 1.54) is 16.4 Å². The van der Waals surface area contributed by atoms with Gasteiger partial charge in [-0.05, 0) is 19.1 Å². The molecule has 21 heavy (non-hydrogen) atoms. The van der Waals surface area contributed by atoms with Gasteiger partial charge in [-0.25, -0.2) is 8.42 Å². The molecule has 1 heterocycles. The van der Waals surface area contributed by atoms with Crippen LogP contribution in [0.2, 0.25) is 5.02 Å². The van der Waals surface area contributed by atoms with E-state index in [2.05, 4.69) is 5.32 Å². The van der Waals surface area contributed by atoms with Crippen LogP contribution in [-0.2, 0) is 10.0 Å². The predicted molar refractivity (Wildman–Crippen MR) is 81.6 cm³/mol. The van der Waals surface area contributed by atoms with Crippen LogP contribution in [0.25, 0.3) is 0 Å². The minimum atomic E-state index is -3.91. The van der Waals surface area contributed by atoms with Crippen LogP contribution in [0.5, 0.6) is 0 Å². The molecule has 1 aromatic carbocycles. The lowest BCUT2D eigenvalue weighted by molar-refractivity contribution is -0.387. The molecule has 0 spiro atoms. The topological polar surface area (TPSA) is 92.6 Å². The molecule has 0 radical (unpaired) electrons. The summed E-state index contributed by atoms with van der Waals surface area (Å²) in [7, 11) is -3.91. The summed E-state index contributed by atoms with van der Waals surface area (Å²) in [6.45, 7) is 3.07. The Balaban J connectivity index is 0.00000220. The normalized spacial score (nSPS) is 19.8. The summed E-state index contributed by atoms with van der Waals surface area (Å²) in [5.74, 6) is 0. The van der Waals surface area contributed by atoms with Gasteiger partial charge >= 0.3 is 0 Å². The molecule has 0 saturated carbocycles. The Morgan fingerprint density at radius 1 is 1.48 bits per heavy atom. The van der Waals surface area contributed by atoms with Gasteiger partial charge in [0.1, 0.15) is 0 Å².